The summed E-state index contributed by atoms with van der Waals surface area (Å²) in [6.45, 7) is 1.38. The highest BCUT2D eigenvalue weighted by molar-refractivity contribution is 5.99. The number of methoxy groups -OCH3 is 3. The Kier molecular flexibility index (Phi) is 5.98. The fourth-order valence-corrected chi connectivity index (χ4v) is 1.71. The number of esters is 1. The van der Waals surface area contributed by atoms with E-state index in [1.54, 1.807) is 12.1 Å². The third-order valence-corrected chi connectivity index (χ3v) is 2.88. The van der Waals surface area contributed by atoms with Crippen molar-refractivity contribution in [3.63, 3.8) is 0 Å². The molecule has 7 nitrogen and oxygen atoms in total. The highest BCUT2D eigenvalue weighted by Gasteiger charge is 2.27. The molecule has 21 heavy (non-hydrogen) atoms. The van der Waals surface area contributed by atoms with Gasteiger partial charge in [-0.3, -0.25) is 4.79 Å². The highest BCUT2D eigenvalue weighted by atomic mass is 16.5. The maximum absolute atomic E-state index is 12.2. The van der Waals surface area contributed by atoms with E-state index in [2.05, 4.69) is 10.1 Å². The Morgan fingerprint density at radius 2 is 1.86 bits per heavy atom. The minimum Gasteiger partial charge on any atom is -0.497 e. The first kappa shape index (κ1) is 16.8. The molecular weight excluding hydrogens is 278 g/mol. The summed E-state index contributed by atoms with van der Waals surface area (Å²) in [5, 5.41) is 12.0. The molecule has 1 amide bonds. The molecule has 0 aliphatic carbocycles. The monoisotopic (exact) mass is 297 g/mol. The number of amides is 1. The van der Waals surface area contributed by atoms with Crippen molar-refractivity contribution in [1.82, 2.24) is 5.32 Å². The number of hydrogen-bond acceptors (Lipinski definition) is 6. The molecule has 1 aromatic rings. The van der Waals surface area contributed by atoms with E-state index in [1.165, 1.54) is 34.3 Å². The van der Waals surface area contributed by atoms with E-state index in [9.17, 15) is 14.7 Å². The normalized spacial score (nSPS) is 13.0. The molecule has 0 heterocycles. The molecular formula is C14H19NO6. The minimum atomic E-state index is -1.16. The average molecular weight is 297 g/mol. The van der Waals surface area contributed by atoms with Crippen LogP contribution in [0, 0.1) is 0 Å². The first-order valence-electron chi connectivity index (χ1n) is 6.23. The lowest BCUT2D eigenvalue weighted by atomic mass is 10.1. The summed E-state index contributed by atoms with van der Waals surface area (Å²) in [6, 6.07) is 3.48. The number of rotatable bonds is 6. The Morgan fingerprint density at radius 1 is 1.19 bits per heavy atom. The standard InChI is InChI=1S/C14H19NO6/c1-8(16)12(14(18)21-4)15-13(17)10-6-5-9(19-2)7-11(10)20-3/h5-8,12,16H,1-4H3,(H,15,17)/t8?,12-/m0/s1. The van der Waals surface area contributed by atoms with Crippen LogP contribution in [0.1, 0.15) is 17.3 Å². The zero-order valence-electron chi connectivity index (χ0n) is 12.4. The summed E-state index contributed by atoms with van der Waals surface area (Å²) in [4.78, 5) is 23.7. The predicted octanol–water partition coefficient (Wildman–Crippen LogP) is 0.356. The predicted molar refractivity (Wildman–Crippen MR) is 74.5 cm³/mol. The zero-order chi connectivity index (χ0) is 16.0. The highest BCUT2D eigenvalue weighted by Crippen LogP contribution is 2.24. The van der Waals surface area contributed by atoms with Crippen molar-refractivity contribution in [1.29, 1.82) is 0 Å². The van der Waals surface area contributed by atoms with Crippen molar-refractivity contribution in [2.45, 2.75) is 19.1 Å². The first-order valence-corrected chi connectivity index (χ1v) is 6.23. The number of aliphatic hydroxyl groups is 1. The number of hydrogen-bond donors (Lipinski definition) is 2. The van der Waals surface area contributed by atoms with Gasteiger partial charge in [-0.05, 0) is 19.1 Å². The van der Waals surface area contributed by atoms with E-state index >= 15 is 0 Å². The second-order valence-electron chi connectivity index (χ2n) is 4.28. The number of carbonyl (C=O) groups is 2. The Morgan fingerprint density at radius 3 is 2.33 bits per heavy atom. The maximum atomic E-state index is 12.2. The molecule has 0 bridgehead atoms. The van der Waals surface area contributed by atoms with Crippen LogP contribution in [-0.4, -0.2) is 50.5 Å². The lowest BCUT2D eigenvalue weighted by Crippen LogP contribution is -2.48. The number of benzene rings is 1. The lowest BCUT2D eigenvalue weighted by molar-refractivity contribution is -0.145. The van der Waals surface area contributed by atoms with Gasteiger partial charge in [-0.1, -0.05) is 0 Å². The summed E-state index contributed by atoms with van der Waals surface area (Å²) in [5.74, 6) is -0.471. The van der Waals surface area contributed by atoms with E-state index < -0.39 is 24.0 Å². The van der Waals surface area contributed by atoms with E-state index in [1.807, 2.05) is 0 Å². The second-order valence-corrected chi connectivity index (χ2v) is 4.28. The van der Waals surface area contributed by atoms with Gasteiger partial charge in [0.05, 0.1) is 33.0 Å². The summed E-state index contributed by atoms with van der Waals surface area (Å²) in [7, 11) is 4.09. The fraction of sp³-hybridized carbons (Fsp3) is 0.429. The van der Waals surface area contributed by atoms with Crippen molar-refractivity contribution >= 4 is 11.9 Å². The van der Waals surface area contributed by atoms with E-state index in [4.69, 9.17) is 9.47 Å². The van der Waals surface area contributed by atoms with Crippen LogP contribution in [0.4, 0.5) is 0 Å². The summed E-state index contributed by atoms with van der Waals surface area (Å²) < 4.78 is 14.7. The largest absolute Gasteiger partial charge is 0.497 e. The number of carbonyl (C=O) groups excluding carboxylic acids is 2. The molecule has 0 radical (unpaired) electrons. The van der Waals surface area contributed by atoms with Crippen LogP contribution in [0.25, 0.3) is 0 Å². The van der Waals surface area contributed by atoms with Gasteiger partial charge >= 0.3 is 5.97 Å². The van der Waals surface area contributed by atoms with Gasteiger partial charge in [0.2, 0.25) is 0 Å². The average Bonchev–Trinajstić information content (AvgIpc) is 2.50. The van der Waals surface area contributed by atoms with Crippen molar-refractivity contribution < 1.29 is 28.9 Å². The van der Waals surface area contributed by atoms with Gasteiger partial charge in [0.1, 0.15) is 11.5 Å². The van der Waals surface area contributed by atoms with Gasteiger partial charge in [-0.2, -0.15) is 0 Å². The minimum absolute atomic E-state index is 0.216. The van der Waals surface area contributed by atoms with E-state index in [0.717, 1.165) is 0 Å². The quantitative estimate of drug-likeness (QED) is 0.736. The molecule has 7 heteroatoms. The second kappa shape index (κ2) is 7.49. The number of ether oxygens (including phenoxy) is 3. The van der Waals surface area contributed by atoms with Crippen molar-refractivity contribution in [3.05, 3.63) is 23.8 Å². The molecule has 1 rings (SSSR count). The third-order valence-electron chi connectivity index (χ3n) is 2.88. The van der Waals surface area contributed by atoms with Gasteiger partial charge in [-0.25, -0.2) is 4.79 Å². The molecule has 1 unspecified atom stereocenters. The van der Waals surface area contributed by atoms with Crippen molar-refractivity contribution in [3.8, 4) is 11.5 Å². The number of aliphatic hydroxyl groups excluding tert-OH is 1. The maximum Gasteiger partial charge on any atom is 0.331 e. The van der Waals surface area contributed by atoms with Gasteiger partial charge in [0.25, 0.3) is 5.91 Å². The molecule has 0 aliphatic rings. The Hall–Kier alpha value is -2.28. The van der Waals surface area contributed by atoms with Crippen LogP contribution >= 0.6 is 0 Å². The first-order chi connectivity index (χ1) is 9.94. The molecule has 0 saturated carbocycles. The van der Waals surface area contributed by atoms with Crippen LogP contribution < -0.4 is 14.8 Å². The molecule has 0 fully saturated rings. The lowest BCUT2D eigenvalue weighted by Gasteiger charge is -2.19. The molecule has 0 aliphatic heterocycles. The van der Waals surface area contributed by atoms with Crippen molar-refractivity contribution in [2.75, 3.05) is 21.3 Å². The third kappa shape index (κ3) is 4.09. The molecule has 0 saturated heterocycles. The zero-order valence-corrected chi connectivity index (χ0v) is 12.4. The van der Waals surface area contributed by atoms with Crippen LogP contribution in [0.5, 0.6) is 11.5 Å². The van der Waals surface area contributed by atoms with E-state index in [0.29, 0.717) is 11.5 Å². The Bertz CT molecular complexity index is 514. The summed E-state index contributed by atoms with van der Waals surface area (Å²) >= 11 is 0. The molecule has 1 aromatic carbocycles. The molecule has 2 N–H and O–H groups in total. The van der Waals surface area contributed by atoms with Gasteiger partial charge in [0.15, 0.2) is 6.04 Å². The topological polar surface area (TPSA) is 94.1 Å². The molecule has 0 spiro atoms. The summed E-state index contributed by atoms with van der Waals surface area (Å²) in [5.41, 5.74) is 0.216. The molecule has 0 aromatic heterocycles. The SMILES string of the molecule is COC(=O)[C@@H](NC(=O)c1ccc(OC)cc1OC)C(C)O. The van der Waals surface area contributed by atoms with Gasteiger partial charge < -0.3 is 24.6 Å². The van der Waals surface area contributed by atoms with Gasteiger partial charge in [0, 0.05) is 6.07 Å². The van der Waals surface area contributed by atoms with Crippen LogP contribution in [0.2, 0.25) is 0 Å². The van der Waals surface area contributed by atoms with Gasteiger partial charge in [-0.15, -0.1) is 0 Å². The van der Waals surface area contributed by atoms with Crippen molar-refractivity contribution in [2.24, 2.45) is 0 Å². The summed E-state index contributed by atoms with van der Waals surface area (Å²) in [6.07, 6.45) is -1.09. The van der Waals surface area contributed by atoms with Crippen LogP contribution in [-0.2, 0) is 9.53 Å². The fourth-order valence-electron chi connectivity index (χ4n) is 1.71. The molecule has 116 valence electrons. The Labute approximate surface area is 122 Å². The molecule has 2 atom stereocenters. The van der Waals surface area contributed by atoms with Crippen LogP contribution in [0.3, 0.4) is 0 Å². The number of nitrogens with one attached hydrogen (secondary N) is 1. The smallest absolute Gasteiger partial charge is 0.331 e. The van der Waals surface area contributed by atoms with E-state index in [-0.39, 0.29) is 5.56 Å². The Balaban J connectivity index is 3.00. The van der Waals surface area contributed by atoms with Crippen LogP contribution in [0.15, 0.2) is 18.2 Å².